The molecule has 2 aliphatic rings. The largest absolute Gasteiger partial charge is 0.495 e. The molecule has 166 valence electrons. The van der Waals surface area contributed by atoms with Crippen LogP contribution in [-0.2, 0) is 9.59 Å². The number of amides is 2. The lowest BCUT2D eigenvalue weighted by molar-refractivity contribution is -0.137. The van der Waals surface area contributed by atoms with Gasteiger partial charge in [-0.3, -0.25) is 9.59 Å². The number of aryl methyl sites for hydroxylation is 1. The van der Waals surface area contributed by atoms with Crippen LogP contribution < -0.4 is 9.64 Å². The van der Waals surface area contributed by atoms with Crippen LogP contribution in [0.15, 0.2) is 42.5 Å². The highest BCUT2D eigenvalue weighted by Crippen LogP contribution is 2.36. The number of carbonyl (C=O) groups excluding carboxylic acids is 2. The van der Waals surface area contributed by atoms with Gasteiger partial charge < -0.3 is 14.5 Å². The van der Waals surface area contributed by atoms with Crippen LogP contribution in [0.4, 0.5) is 5.69 Å². The Balaban J connectivity index is 1.31. The molecule has 3 heterocycles. The predicted molar refractivity (Wildman–Crippen MR) is 126 cm³/mol. The number of para-hydroxylation sites is 1. The lowest BCUT2D eigenvalue weighted by Crippen LogP contribution is -2.43. The summed E-state index contributed by atoms with van der Waals surface area (Å²) < 4.78 is 6.66. The minimum absolute atomic E-state index is 0.0213. The molecule has 2 aliphatic heterocycles. The average Bonchev–Trinajstić information content (AvgIpc) is 3.42. The first-order valence-electron chi connectivity index (χ1n) is 11.1. The van der Waals surface area contributed by atoms with Crippen LogP contribution in [0.5, 0.6) is 5.75 Å². The van der Waals surface area contributed by atoms with Gasteiger partial charge in [0, 0.05) is 32.0 Å². The highest BCUT2D eigenvalue weighted by Gasteiger charge is 2.39. The molecule has 2 aromatic carbocycles. The van der Waals surface area contributed by atoms with Gasteiger partial charge in [0.25, 0.3) is 0 Å². The van der Waals surface area contributed by atoms with Crippen LogP contribution in [0, 0.1) is 12.8 Å². The van der Waals surface area contributed by atoms with Gasteiger partial charge >= 0.3 is 0 Å². The van der Waals surface area contributed by atoms with Crippen molar-refractivity contribution in [3.05, 3.63) is 53.0 Å². The number of anilines is 1. The molecular weight excluding hydrogens is 422 g/mol. The maximum absolute atomic E-state index is 13.4. The van der Waals surface area contributed by atoms with Gasteiger partial charge in [-0.15, -0.1) is 11.3 Å². The first kappa shape index (κ1) is 20.9. The van der Waals surface area contributed by atoms with Crippen molar-refractivity contribution < 1.29 is 14.3 Å². The van der Waals surface area contributed by atoms with E-state index in [1.54, 1.807) is 23.3 Å². The van der Waals surface area contributed by atoms with E-state index in [1.165, 1.54) is 4.70 Å². The molecular formula is C25H27N3O3S. The Labute approximate surface area is 191 Å². The Morgan fingerprint density at radius 2 is 2.03 bits per heavy atom. The fourth-order valence-corrected chi connectivity index (χ4v) is 5.91. The second kappa shape index (κ2) is 8.54. The smallest absolute Gasteiger partial charge is 0.228 e. The zero-order chi connectivity index (χ0) is 22.2. The molecule has 5 rings (SSSR count). The standard InChI is InChI=1S/C25H27N3O3S/c1-16-9-10-21(31-2)20(12-16)28-15-18(13-23(28)29)25(30)27-11-5-6-17(14-27)24-26-19-7-3-4-8-22(19)32-24/h3-4,7-10,12,17-18H,5-6,11,13-15H2,1-2H3/t17-,18-/m1/s1. The number of thiazole rings is 1. The molecule has 2 fully saturated rings. The number of piperidine rings is 1. The van der Waals surface area contributed by atoms with Gasteiger partial charge in [0.2, 0.25) is 11.8 Å². The molecule has 0 unspecified atom stereocenters. The molecule has 6 nitrogen and oxygen atoms in total. The second-order valence-electron chi connectivity index (χ2n) is 8.72. The Kier molecular flexibility index (Phi) is 5.59. The minimum Gasteiger partial charge on any atom is -0.495 e. The summed E-state index contributed by atoms with van der Waals surface area (Å²) in [7, 11) is 1.60. The van der Waals surface area contributed by atoms with Gasteiger partial charge in [-0.05, 0) is 49.6 Å². The van der Waals surface area contributed by atoms with Gasteiger partial charge in [0.15, 0.2) is 0 Å². The highest BCUT2D eigenvalue weighted by molar-refractivity contribution is 7.18. The normalized spacial score (nSPS) is 21.4. The van der Waals surface area contributed by atoms with Gasteiger partial charge in [0.05, 0.1) is 33.9 Å². The van der Waals surface area contributed by atoms with E-state index in [0.717, 1.165) is 41.2 Å². The van der Waals surface area contributed by atoms with Crippen molar-refractivity contribution in [2.24, 2.45) is 5.92 Å². The third-order valence-corrected chi connectivity index (χ3v) is 7.69. The molecule has 0 spiro atoms. The highest BCUT2D eigenvalue weighted by atomic mass is 32.1. The number of methoxy groups -OCH3 is 1. The van der Waals surface area contributed by atoms with Gasteiger partial charge in [-0.1, -0.05) is 18.2 Å². The SMILES string of the molecule is COc1ccc(C)cc1N1C[C@H](C(=O)N2CCC[C@@H](c3nc4ccccc4s3)C2)CC1=O. The van der Waals surface area contributed by atoms with Gasteiger partial charge in [-0.25, -0.2) is 4.98 Å². The lowest BCUT2D eigenvalue weighted by Gasteiger charge is -2.33. The summed E-state index contributed by atoms with van der Waals surface area (Å²) in [5.74, 6) is 0.660. The summed E-state index contributed by atoms with van der Waals surface area (Å²) in [6.07, 6.45) is 2.25. The minimum atomic E-state index is -0.318. The number of likely N-dealkylation sites (tertiary alicyclic amines) is 1. The number of benzene rings is 2. The fourth-order valence-electron chi connectivity index (χ4n) is 4.82. The third kappa shape index (κ3) is 3.86. The Bertz CT molecular complexity index is 1140. The van der Waals surface area contributed by atoms with Crippen molar-refractivity contribution >= 4 is 39.1 Å². The summed E-state index contributed by atoms with van der Waals surface area (Å²) >= 11 is 1.73. The lowest BCUT2D eigenvalue weighted by atomic mass is 9.96. The zero-order valence-electron chi connectivity index (χ0n) is 18.4. The van der Waals surface area contributed by atoms with Crippen molar-refractivity contribution in [3.63, 3.8) is 0 Å². The van der Waals surface area contributed by atoms with Crippen LogP contribution in [0.1, 0.15) is 35.8 Å². The molecule has 0 radical (unpaired) electrons. The molecule has 0 aliphatic carbocycles. The number of hydrogen-bond donors (Lipinski definition) is 0. The summed E-state index contributed by atoms with van der Waals surface area (Å²) in [5.41, 5.74) is 2.83. The van der Waals surface area contributed by atoms with Gasteiger partial charge in [0.1, 0.15) is 5.75 Å². The number of rotatable bonds is 4. The van der Waals surface area contributed by atoms with Crippen LogP contribution in [-0.4, -0.2) is 48.4 Å². The summed E-state index contributed by atoms with van der Waals surface area (Å²) in [4.78, 5) is 34.7. The molecule has 2 saturated heterocycles. The number of carbonyl (C=O) groups is 2. The molecule has 7 heteroatoms. The Morgan fingerprint density at radius 1 is 1.19 bits per heavy atom. The number of fused-ring (bicyclic) bond motifs is 1. The number of ether oxygens (including phenoxy) is 1. The Hall–Kier alpha value is -2.93. The van der Waals surface area contributed by atoms with Crippen LogP contribution >= 0.6 is 11.3 Å². The fraction of sp³-hybridized carbons (Fsp3) is 0.400. The molecule has 32 heavy (non-hydrogen) atoms. The zero-order valence-corrected chi connectivity index (χ0v) is 19.2. The summed E-state index contributed by atoms with van der Waals surface area (Å²) in [6.45, 7) is 3.82. The second-order valence-corrected chi connectivity index (χ2v) is 9.79. The van der Waals surface area contributed by atoms with E-state index in [0.29, 0.717) is 18.8 Å². The number of hydrogen-bond acceptors (Lipinski definition) is 5. The molecule has 1 aromatic heterocycles. The first-order chi connectivity index (χ1) is 15.5. The topological polar surface area (TPSA) is 62.7 Å². The van der Waals surface area contributed by atoms with Crippen molar-refractivity contribution in [2.75, 3.05) is 31.6 Å². The molecule has 0 saturated carbocycles. The number of aromatic nitrogens is 1. The molecule has 0 N–H and O–H groups in total. The quantitative estimate of drug-likeness (QED) is 0.593. The van der Waals surface area contributed by atoms with Crippen LogP contribution in [0.25, 0.3) is 10.2 Å². The Morgan fingerprint density at radius 3 is 2.84 bits per heavy atom. The van der Waals surface area contributed by atoms with E-state index < -0.39 is 0 Å². The van der Waals surface area contributed by atoms with Gasteiger partial charge in [-0.2, -0.15) is 0 Å². The van der Waals surface area contributed by atoms with Crippen LogP contribution in [0.3, 0.4) is 0 Å². The van der Waals surface area contributed by atoms with E-state index in [9.17, 15) is 9.59 Å². The maximum atomic E-state index is 13.4. The molecule has 0 bridgehead atoms. The van der Waals surface area contributed by atoms with E-state index in [1.807, 2.05) is 48.2 Å². The molecule has 3 aromatic rings. The molecule has 2 amide bonds. The average molecular weight is 450 g/mol. The maximum Gasteiger partial charge on any atom is 0.228 e. The summed E-state index contributed by atoms with van der Waals surface area (Å²) in [6, 6.07) is 14.0. The molecule has 2 atom stereocenters. The van der Waals surface area contributed by atoms with E-state index >= 15 is 0 Å². The van der Waals surface area contributed by atoms with Crippen molar-refractivity contribution in [1.29, 1.82) is 0 Å². The van der Waals surface area contributed by atoms with Crippen molar-refractivity contribution in [2.45, 2.75) is 32.1 Å². The van der Waals surface area contributed by atoms with E-state index in [2.05, 4.69) is 6.07 Å². The van der Waals surface area contributed by atoms with Crippen molar-refractivity contribution in [1.82, 2.24) is 9.88 Å². The third-order valence-electron chi connectivity index (χ3n) is 6.49. The van der Waals surface area contributed by atoms with Crippen LogP contribution in [0.2, 0.25) is 0 Å². The van der Waals surface area contributed by atoms with Crippen molar-refractivity contribution in [3.8, 4) is 5.75 Å². The summed E-state index contributed by atoms with van der Waals surface area (Å²) in [5, 5.41) is 1.11. The first-order valence-corrected chi connectivity index (χ1v) is 11.9. The van der Waals surface area contributed by atoms with E-state index in [-0.39, 0.29) is 30.1 Å². The van der Waals surface area contributed by atoms with E-state index in [4.69, 9.17) is 9.72 Å². The number of nitrogens with zero attached hydrogens (tertiary/aromatic N) is 3. The predicted octanol–water partition coefficient (Wildman–Crippen LogP) is 4.37. The monoisotopic (exact) mass is 449 g/mol.